The van der Waals surface area contributed by atoms with E-state index in [1.165, 1.54) is 18.6 Å². The molecule has 0 bridgehead atoms. The number of pyridine rings is 1. The maximum absolute atomic E-state index is 8.80. The minimum atomic E-state index is 0.305. The van der Waals surface area contributed by atoms with E-state index in [-0.39, 0.29) is 0 Å². The molecule has 1 aromatic heterocycles. The molecule has 0 radical (unpaired) electrons. The second-order valence-electron chi connectivity index (χ2n) is 3.22. The third kappa shape index (κ3) is 1.87. The Bertz CT molecular complexity index is 380. The smallest absolute Gasteiger partial charge is 0.146 e. The topological polar surface area (TPSA) is 36.7 Å². The zero-order chi connectivity index (χ0) is 9.97. The van der Waals surface area contributed by atoms with Gasteiger partial charge < -0.3 is 0 Å². The summed E-state index contributed by atoms with van der Waals surface area (Å²) in [6, 6.07) is 3.91. The molecule has 2 nitrogen and oxygen atoms in total. The lowest BCUT2D eigenvalue weighted by molar-refractivity contribution is 0.825. The van der Waals surface area contributed by atoms with Crippen LogP contribution < -0.4 is 0 Å². The molecule has 1 aromatic rings. The molecule has 72 valence electrons. The third-order valence-corrected chi connectivity index (χ3v) is 4.02. The van der Waals surface area contributed by atoms with Gasteiger partial charge in [0.05, 0.1) is 5.56 Å². The molecule has 2 rings (SSSR count). The van der Waals surface area contributed by atoms with Gasteiger partial charge in [0.2, 0.25) is 0 Å². The van der Waals surface area contributed by atoms with Gasteiger partial charge in [0.15, 0.2) is 0 Å². The highest BCUT2D eigenvalue weighted by Gasteiger charge is 2.18. The lowest BCUT2D eigenvalue weighted by Crippen LogP contribution is -1.92. The zero-order valence-corrected chi connectivity index (χ0v) is 9.11. The van der Waals surface area contributed by atoms with Gasteiger partial charge in [0.1, 0.15) is 11.2 Å². The van der Waals surface area contributed by atoms with E-state index in [4.69, 9.17) is 16.9 Å². The lowest BCUT2D eigenvalue weighted by Gasteiger charge is -2.08. The van der Waals surface area contributed by atoms with Crippen LogP contribution in [0.15, 0.2) is 12.3 Å². The SMILES string of the molecule is N#Cc1cc(C2CCCS2)cnc1Cl. The maximum Gasteiger partial charge on any atom is 0.146 e. The third-order valence-electron chi connectivity index (χ3n) is 2.28. The fourth-order valence-electron chi connectivity index (χ4n) is 1.56. The first kappa shape index (κ1) is 9.82. The monoisotopic (exact) mass is 224 g/mol. The van der Waals surface area contributed by atoms with Crippen LogP contribution in [0.2, 0.25) is 5.15 Å². The Morgan fingerprint density at radius 1 is 1.64 bits per heavy atom. The van der Waals surface area contributed by atoms with Crippen molar-refractivity contribution < 1.29 is 0 Å². The summed E-state index contributed by atoms with van der Waals surface area (Å²) in [5, 5.41) is 9.62. The fourth-order valence-corrected chi connectivity index (χ4v) is 2.98. The summed E-state index contributed by atoms with van der Waals surface area (Å²) in [6.07, 6.45) is 4.21. The molecule has 0 aromatic carbocycles. The molecule has 0 saturated carbocycles. The van der Waals surface area contributed by atoms with Gasteiger partial charge in [-0.15, -0.1) is 0 Å². The molecule has 2 heterocycles. The first-order valence-corrected chi connectivity index (χ1v) is 5.91. The van der Waals surface area contributed by atoms with Crippen molar-refractivity contribution in [2.24, 2.45) is 0 Å². The van der Waals surface area contributed by atoms with Crippen LogP contribution in [0.5, 0.6) is 0 Å². The summed E-state index contributed by atoms with van der Waals surface area (Å²) < 4.78 is 0. The van der Waals surface area contributed by atoms with Crippen LogP contribution in [0.4, 0.5) is 0 Å². The molecule has 0 N–H and O–H groups in total. The van der Waals surface area contributed by atoms with Gasteiger partial charge in [0, 0.05) is 11.4 Å². The summed E-state index contributed by atoms with van der Waals surface area (Å²) in [5.74, 6) is 1.20. The highest BCUT2D eigenvalue weighted by molar-refractivity contribution is 7.99. The van der Waals surface area contributed by atoms with Gasteiger partial charge in [0.25, 0.3) is 0 Å². The Morgan fingerprint density at radius 2 is 2.50 bits per heavy atom. The number of nitriles is 1. The molecule has 1 atom stereocenters. The van der Waals surface area contributed by atoms with Gasteiger partial charge in [-0.25, -0.2) is 4.98 Å². The van der Waals surface area contributed by atoms with Crippen molar-refractivity contribution >= 4 is 23.4 Å². The lowest BCUT2D eigenvalue weighted by atomic mass is 10.1. The van der Waals surface area contributed by atoms with E-state index in [2.05, 4.69) is 11.1 Å². The van der Waals surface area contributed by atoms with Gasteiger partial charge in [-0.2, -0.15) is 17.0 Å². The number of thioether (sulfide) groups is 1. The number of halogens is 1. The molecular formula is C10H9ClN2S. The molecule has 4 heteroatoms. The second-order valence-corrected chi connectivity index (χ2v) is 4.89. The minimum absolute atomic E-state index is 0.305. The average Bonchev–Trinajstić information content (AvgIpc) is 2.71. The van der Waals surface area contributed by atoms with E-state index >= 15 is 0 Å². The summed E-state index contributed by atoms with van der Waals surface area (Å²) in [6.45, 7) is 0. The Hall–Kier alpha value is -0.720. The van der Waals surface area contributed by atoms with Gasteiger partial charge in [-0.1, -0.05) is 11.6 Å². The van der Waals surface area contributed by atoms with Crippen molar-refractivity contribution in [2.75, 3.05) is 5.75 Å². The standard InChI is InChI=1S/C10H9ClN2S/c11-10-7(5-12)4-8(6-13-10)9-2-1-3-14-9/h4,6,9H,1-3H2. The summed E-state index contributed by atoms with van der Waals surface area (Å²) in [4.78, 5) is 4.02. The summed E-state index contributed by atoms with van der Waals surface area (Å²) in [5.41, 5.74) is 1.62. The number of hydrogen-bond donors (Lipinski definition) is 0. The van der Waals surface area contributed by atoms with E-state index in [9.17, 15) is 0 Å². The van der Waals surface area contributed by atoms with Crippen LogP contribution in [0.25, 0.3) is 0 Å². The van der Waals surface area contributed by atoms with Crippen molar-refractivity contribution in [2.45, 2.75) is 18.1 Å². The molecule has 0 spiro atoms. The molecule has 1 saturated heterocycles. The molecule has 1 unspecified atom stereocenters. The number of nitrogens with zero attached hydrogens (tertiary/aromatic N) is 2. The van der Waals surface area contributed by atoms with E-state index in [1.807, 2.05) is 17.8 Å². The Labute approximate surface area is 92.3 Å². The molecule has 1 aliphatic rings. The Morgan fingerprint density at radius 3 is 3.14 bits per heavy atom. The highest BCUT2D eigenvalue weighted by Crippen LogP contribution is 2.40. The van der Waals surface area contributed by atoms with Crippen LogP contribution in [0.1, 0.15) is 29.2 Å². The maximum atomic E-state index is 8.80. The van der Waals surface area contributed by atoms with Gasteiger partial charge in [-0.05, 0) is 30.2 Å². The second kappa shape index (κ2) is 4.20. The highest BCUT2D eigenvalue weighted by atomic mass is 35.5. The van der Waals surface area contributed by atoms with Crippen molar-refractivity contribution in [3.63, 3.8) is 0 Å². The fraction of sp³-hybridized carbons (Fsp3) is 0.400. The Balaban J connectivity index is 2.31. The van der Waals surface area contributed by atoms with E-state index in [0.717, 1.165) is 5.56 Å². The first-order chi connectivity index (χ1) is 6.81. The van der Waals surface area contributed by atoms with E-state index in [1.54, 1.807) is 6.20 Å². The predicted octanol–water partition coefficient (Wildman–Crippen LogP) is 3.17. The van der Waals surface area contributed by atoms with Gasteiger partial charge >= 0.3 is 0 Å². The predicted molar refractivity (Wildman–Crippen MR) is 58.4 cm³/mol. The van der Waals surface area contributed by atoms with Crippen LogP contribution >= 0.6 is 23.4 Å². The average molecular weight is 225 g/mol. The largest absolute Gasteiger partial charge is 0.243 e. The zero-order valence-electron chi connectivity index (χ0n) is 7.53. The first-order valence-electron chi connectivity index (χ1n) is 4.48. The quantitative estimate of drug-likeness (QED) is 0.688. The van der Waals surface area contributed by atoms with Crippen molar-refractivity contribution in [1.29, 1.82) is 5.26 Å². The van der Waals surface area contributed by atoms with Crippen LogP contribution in [0, 0.1) is 11.3 Å². The molecule has 14 heavy (non-hydrogen) atoms. The van der Waals surface area contributed by atoms with E-state index < -0.39 is 0 Å². The van der Waals surface area contributed by atoms with Crippen molar-refractivity contribution in [1.82, 2.24) is 4.98 Å². The van der Waals surface area contributed by atoms with Crippen LogP contribution in [0.3, 0.4) is 0 Å². The number of rotatable bonds is 1. The number of aromatic nitrogens is 1. The minimum Gasteiger partial charge on any atom is -0.243 e. The molecule has 1 aliphatic heterocycles. The van der Waals surface area contributed by atoms with Crippen molar-refractivity contribution in [3.05, 3.63) is 28.5 Å². The van der Waals surface area contributed by atoms with E-state index in [0.29, 0.717) is 16.0 Å². The van der Waals surface area contributed by atoms with Crippen LogP contribution in [-0.4, -0.2) is 10.7 Å². The molecule has 0 aliphatic carbocycles. The molecule has 0 amide bonds. The Kier molecular flexibility index (Phi) is 2.95. The molecular weight excluding hydrogens is 216 g/mol. The van der Waals surface area contributed by atoms with Crippen molar-refractivity contribution in [3.8, 4) is 6.07 Å². The normalized spacial score (nSPS) is 20.7. The van der Waals surface area contributed by atoms with Crippen LogP contribution in [-0.2, 0) is 0 Å². The summed E-state index contributed by atoms with van der Waals surface area (Å²) in [7, 11) is 0. The number of hydrogen-bond acceptors (Lipinski definition) is 3. The molecule has 1 fully saturated rings. The van der Waals surface area contributed by atoms with Gasteiger partial charge in [-0.3, -0.25) is 0 Å². The summed E-state index contributed by atoms with van der Waals surface area (Å²) >= 11 is 7.69.